The van der Waals surface area contributed by atoms with Gasteiger partial charge in [0.2, 0.25) is 5.91 Å². The molecule has 1 N–H and O–H groups in total. The number of nitrogens with zero attached hydrogens (tertiary/aromatic N) is 1. The van der Waals surface area contributed by atoms with Crippen LogP contribution in [0.2, 0.25) is 0 Å². The minimum atomic E-state index is -3.40. The van der Waals surface area contributed by atoms with Crippen LogP contribution in [0.3, 0.4) is 0 Å². The molecule has 1 atom stereocenters. The van der Waals surface area contributed by atoms with Crippen LogP contribution in [0.4, 0.5) is 0 Å². The largest absolute Gasteiger partial charge is 0.341 e. The van der Waals surface area contributed by atoms with Crippen molar-refractivity contribution >= 4 is 15.7 Å². The molecule has 1 unspecified atom stereocenters. The third-order valence-electron chi connectivity index (χ3n) is 4.06. The maximum absolute atomic E-state index is 12.5. The standard InChI is InChI=1S/C14H28N2O3S/c1-11(2)15-9-12-7-6-8-16(10-12)13(17)14(3,4)20(5,18)19/h11-12,15H,6-10H2,1-5H3. The van der Waals surface area contributed by atoms with E-state index in [-0.39, 0.29) is 5.91 Å². The van der Waals surface area contributed by atoms with Crippen molar-refractivity contribution in [3.63, 3.8) is 0 Å². The van der Waals surface area contributed by atoms with E-state index in [9.17, 15) is 13.2 Å². The molecule has 0 saturated carbocycles. The number of carbonyl (C=O) groups excluding carboxylic acids is 1. The summed E-state index contributed by atoms with van der Waals surface area (Å²) in [6.45, 7) is 9.38. The molecule has 1 fully saturated rings. The Morgan fingerprint density at radius 1 is 1.40 bits per heavy atom. The number of nitrogens with one attached hydrogen (secondary N) is 1. The molecule has 1 rings (SSSR count). The highest BCUT2D eigenvalue weighted by atomic mass is 32.2. The second-order valence-electron chi connectivity index (χ2n) is 6.60. The average molecular weight is 304 g/mol. The first-order chi connectivity index (χ1) is 9.05. The maximum Gasteiger partial charge on any atom is 0.243 e. The van der Waals surface area contributed by atoms with Crippen LogP contribution >= 0.6 is 0 Å². The quantitative estimate of drug-likeness (QED) is 0.824. The van der Waals surface area contributed by atoms with Gasteiger partial charge in [-0.3, -0.25) is 4.79 Å². The number of rotatable bonds is 5. The molecule has 0 spiro atoms. The number of amides is 1. The molecule has 1 aliphatic heterocycles. The van der Waals surface area contributed by atoms with Crippen molar-refractivity contribution in [3.8, 4) is 0 Å². The van der Waals surface area contributed by atoms with E-state index >= 15 is 0 Å². The second kappa shape index (κ2) is 6.43. The fraction of sp³-hybridized carbons (Fsp3) is 0.929. The first-order valence-electron chi connectivity index (χ1n) is 7.28. The molecule has 20 heavy (non-hydrogen) atoms. The molecular weight excluding hydrogens is 276 g/mol. The van der Waals surface area contributed by atoms with Gasteiger partial charge in [-0.1, -0.05) is 13.8 Å². The molecule has 0 aliphatic carbocycles. The monoisotopic (exact) mass is 304 g/mol. The number of likely N-dealkylation sites (tertiary alicyclic amines) is 1. The molecule has 0 aromatic rings. The minimum absolute atomic E-state index is 0.269. The van der Waals surface area contributed by atoms with Gasteiger partial charge in [-0.15, -0.1) is 0 Å². The summed E-state index contributed by atoms with van der Waals surface area (Å²) in [5.41, 5.74) is 0. The van der Waals surface area contributed by atoms with Gasteiger partial charge >= 0.3 is 0 Å². The Hall–Kier alpha value is -0.620. The molecule has 0 aromatic heterocycles. The van der Waals surface area contributed by atoms with Crippen LogP contribution in [0.15, 0.2) is 0 Å². The summed E-state index contributed by atoms with van der Waals surface area (Å²) in [5, 5.41) is 3.39. The Morgan fingerprint density at radius 2 is 2.00 bits per heavy atom. The zero-order valence-corrected chi connectivity index (χ0v) is 14.1. The first-order valence-corrected chi connectivity index (χ1v) is 9.17. The third-order valence-corrected chi connectivity index (χ3v) is 6.09. The van der Waals surface area contributed by atoms with E-state index in [1.807, 2.05) is 0 Å². The van der Waals surface area contributed by atoms with Crippen molar-refractivity contribution < 1.29 is 13.2 Å². The summed E-state index contributed by atoms with van der Waals surface area (Å²) < 4.78 is 22.2. The van der Waals surface area contributed by atoms with E-state index in [0.717, 1.165) is 25.6 Å². The summed E-state index contributed by atoms with van der Waals surface area (Å²) in [7, 11) is -3.40. The topological polar surface area (TPSA) is 66.5 Å². The summed E-state index contributed by atoms with van der Waals surface area (Å²) in [4.78, 5) is 14.2. The molecular formula is C14H28N2O3S. The highest BCUT2D eigenvalue weighted by molar-refractivity contribution is 7.92. The Labute approximate surface area is 123 Å². The SMILES string of the molecule is CC(C)NCC1CCCN(C(=O)C(C)(C)S(C)(=O)=O)C1. The maximum atomic E-state index is 12.5. The Kier molecular flexibility index (Phi) is 5.61. The van der Waals surface area contributed by atoms with Gasteiger partial charge in [0.25, 0.3) is 0 Å². The summed E-state index contributed by atoms with van der Waals surface area (Å²) >= 11 is 0. The third kappa shape index (κ3) is 4.19. The van der Waals surface area contributed by atoms with E-state index in [1.165, 1.54) is 13.8 Å². The van der Waals surface area contributed by atoms with Crippen LogP contribution in [0.5, 0.6) is 0 Å². The van der Waals surface area contributed by atoms with Gasteiger partial charge in [0.15, 0.2) is 9.84 Å². The van der Waals surface area contributed by atoms with E-state index < -0.39 is 14.6 Å². The van der Waals surface area contributed by atoms with Crippen molar-refractivity contribution in [2.45, 2.75) is 51.3 Å². The number of sulfone groups is 1. The van der Waals surface area contributed by atoms with E-state index in [0.29, 0.717) is 25.0 Å². The van der Waals surface area contributed by atoms with E-state index in [2.05, 4.69) is 19.2 Å². The van der Waals surface area contributed by atoms with Crippen LogP contribution in [0, 0.1) is 5.92 Å². The van der Waals surface area contributed by atoms with Gasteiger partial charge < -0.3 is 10.2 Å². The molecule has 5 nitrogen and oxygen atoms in total. The van der Waals surface area contributed by atoms with Crippen molar-refractivity contribution in [2.24, 2.45) is 5.92 Å². The predicted molar refractivity (Wildman–Crippen MR) is 81.4 cm³/mol. The highest BCUT2D eigenvalue weighted by Crippen LogP contribution is 2.23. The lowest BCUT2D eigenvalue weighted by atomic mass is 9.96. The lowest BCUT2D eigenvalue weighted by Crippen LogP contribution is -2.53. The number of piperidine rings is 1. The van der Waals surface area contributed by atoms with Gasteiger partial charge in [-0.05, 0) is 39.2 Å². The number of hydrogen-bond donors (Lipinski definition) is 1. The van der Waals surface area contributed by atoms with Crippen LogP contribution in [-0.2, 0) is 14.6 Å². The van der Waals surface area contributed by atoms with Crippen LogP contribution in [0.25, 0.3) is 0 Å². The van der Waals surface area contributed by atoms with Crippen molar-refractivity contribution in [1.82, 2.24) is 10.2 Å². The first kappa shape index (κ1) is 17.4. The molecule has 1 saturated heterocycles. The zero-order chi connectivity index (χ0) is 15.6. The lowest BCUT2D eigenvalue weighted by molar-refractivity contribution is -0.134. The Balaban J connectivity index is 2.70. The molecule has 0 radical (unpaired) electrons. The Morgan fingerprint density at radius 3 is 2.50 bits per heavy atom. The van der Waals surface area contributed by atoms with Gasteiger partial charge in [0, 0.05) is 25.4 Å². The Bertz CT molecular complexity index is 443. The van der Waals surface area contributed by atoms with Crippen molar-refractivity contribution in [3.05, 3.63) is 0 Å². The summed E-state index contributed by atoms with van der Waals surface area (Å²) in [6, 6.07) is 0.425. The molecule has 118 valence electrons. The molecule has 6 heteroatoms. The van der Waals surface area contributed by atoms with Gasteiger partial charge in [-0.25, -0.2) is 8.42 Å². The van der Waals surface area contributed by atoms with Crippen LogP contribution < -0.4 is 5.32 Å². The second-order valence-corrected chi connectivity index (χ2v) is 9.17. The van der Waals surface area contributed by atoms with E-state index in [1.54, 1.807) is 4.90 Å². The fourth-order valence-electron chi connectivity index (χ4n) is 2.36. The van der Waals surface area contributed by atoms with Gasteiger partial charge in [0.05, 0.1) is 0 Å². The normalized spacial score (nSPS) is 21.3. The molecule has 0 aromatic carbocycles. The fourth-order valence-corrected chi connectivity index (χ4v) is 2.80. The van der Waals surface area contributed by atoms with Gasteiger partial charge in [0.1, 0.15) is 4.75 Å². The summed E-state index contributed by atoms with van der Waals surface area (Å²) in [6.07, 6.45) is 3.16. The number of hydrogen-bond acceptors (Lipinski definition) is 4. The zero-order valence-electron chi connectivity index (χ0n) is 13.3. The molecule has 1 heterocycles. The molecule has 1 aliphatic rings. The minimum Gasteiger partial charge on any atom is -0.341 e. The summed E-state index contributed by atoms with van der Waals surface area (Å²) in [5.74, 6) is 0.139. The molecule has 0 bridgehead atoms. The molecule has 1 amide bonds. The van der Waals surface area contributed by atoms with Crippen molar-refractivity contribution in [1.29, 1.82) is 0 Å². The van der Waals surface area contributed by atoms with Gasteiger partial charge in [-0.2, -0.15) is 0 Å². The van der Waals surface area contributed by atoms with Crippen LogP contribution in [0.1, 0.15) is 40.5 Å². The smallest absolute Gasteiger partial charge is 0.243 e. The highest BCUT2D eigenvalue weighted by Gasteiger charge is 2.42. The lowest BCUT2D eigenvalue weighted by Gasteiger charge is -2.37. The predicted octanol–water partition coefficient (Wildman–Crippen LogP) is 1.05. The van der Waals surface area contributed by atoms with Crippen molar-refractivity contribution in [2.75, 3.05) is 25.9 Å². The number of carbonyl (C=O) groups is 1. The van der Waals surface area contributed by atoms with E-state index in [4.69, 9.17) is 0 Å². The van der Waals surface area contributed by atoms with Crippen LogP contribution in [-0.4, -0.2) is 55.9 Å². The average Bonchev–Trinajstić information content (AvgIpc) is 2.34.